The van der Waals surface area contributed by atoms with E-state index in [0.717, 1.165) is 28.8 Å². The molecule has 2 aromatic carbocycles. The molecular formula is C33H25FN8O3S. The summed E-state index contributed by atoms with van der Waals surface area (Å²) in [7, 11) is -3.65. The molecule has 0 bridgehead atoms. The largest absolute Gasteiger partial charge is 0.338 e. The topological polar surface area (TPSA) is 172 Å². The first-order chi connectivity index (χ1) is 22.1. The molecule has 1 amide bonds. The molecule has 0 saturated heterocycles. The SMILES string of the molecule is CS(=O)(=O)C(N)c1cc(F)cc(-c2ccnc3[nH]c(-c4n[nH]c5ncc(-c6cncc(NC(=O)c7ccccc7)c6)cc45)cc23)c1. The number of fused-ring (bicyclic) bond motifs is 2. The van der Waals surface area contributed by atoms with Crippen LogP contribution in [0.15, 0.2) is 97.6 Å². The van der Waals surface area contributed by atoms with Crippen molar-refractivity contribution >= 4 is 43.5 Å². The molecule has 0 radical (unpaired) electrons. The summed E-state index contributed by atoms with van der Waals surface area (Å²) in [5.41, 5.74) is 12.0. The van der Waals surface area contributed by atoms with Gasteiger partial charge in [0.2, 0.25) is 0 Å². The van der Waals surface area contributed by atoms with Crippen molar-refractivity contribution < 1.29 is 17.6 Å². The summed E-state index contributed by atoms with van der Waals surface area (Å²) in [6, 6.07) is 20.2. The first-order valence-electron chi connectivity index (χ1n) is 14.0. The summed E-state index contributed by atoms with van der Waals surface area (Å²) in [4.78, 5) is 29.3. The number of nitrogens with two attached hydrogens (primary N) is 1. The molecule has 46 heavy (non-hydrogen) atoms. The van der Waals surface area contributed by atoms with Crippen LogP contribution in [-0.2, 0) is 9.84 Å². The zero-order valence-electron chi connectivity index (χ0n) is 24.2. The van der Waals surface area contributed by atoms with Gasteiger partial charge in [-0.3, -0.25) is 14.9 Å². The molecule has 1 unspecified atom stereocenters. The Hall–Kier alpha value is -5.79. The highest BCUT2D eigenvalue weighted by Crippen LogP contribution is 2.35. The first kappa shape index (κ1) is 29.0. The van der Waals surface area contributed by atoms with Gasteiger partial charge in [-0.25, -0.2) is 22.8 Å². The van der Waals surface area contributed by atoms with Gasteiger partial charge in [0, 0.05) is 52.3 Å². The third kappa shape index (κ3) is 5.49. The molecule has 7 aromatic rings. The number of carbonyl (C=O) groups excluding carboxylic acids is 1. The van der Waals surface area contributed by atoms with Crippen molar-refractivity contribution in [1.29, 1.82) is 0 Å². The molecule has 7 rings (SSSR count). The van der Waals surface area contributed by atoms with Crippen LogP contribution < -0.4 is 11.1 Å². The number of anilines is 1. The van der Waals surface area contributed by atoms with Crippen LogP contribution in [-0.4, -0.2) is 50.7 Å². The van der Waals surface area contributed by atoms with Gasteiger partial charge in [0.1, 0.15) is 22.5 Å². The number of aromatic amines is 2. The smallest absolute Gasteiger partial charge is 0.255 e. The number of H-pyrrole nitrogens is 2. The van der Waals surface area contributed by atoms with E-state index in [9.17, 15) is 17.6 Å². The normalized spacial score (nSPS) is 12.4. The van der Waals surface area contributed by atoms with Gasteiger partial charge >= 0.3 is 0 Å². The van der Waals surface area contributed by atoms with Crippen LogP contribution in [0, 0.1) is 5.82 Å². The molecule has 5 aromatic heterocycles. The summed E-state index contributed by atoms with van der Waals surface area (Å²) in [6.45, 7) is 0. The van der Waals surface area contributed by atoms with Gasteiger partial charge in [-0.05, 0) is 71.3 Å². The minimum absolute atomic E-state index is 0.147. The van der Waals surface area contributed by atoms with Gasteiger partial charge in [0.15, 0.2) is 15.5 Å². The number of nitrogens with one attached hydrogen (secondary N) is 3. The maximum Gasteiger partial charge on any atom is 0.255 e. The van der Waals surface area contributed by atoms with E-state index >= 15 is 0 Å². The summed E-state index contributed by atoms with van der Waals surface area (Å²) in [5, 5.41) is 10.4. The molecular weight excluding hydrogens is 607 g/mol. The van der Waals surface area contributed by atoms with Crippen molar-refractivity contribution in [2.24, 2.45) is 5.73 Å². The van der Waals surface area contributed by atoms with E-state index in [1.165, 1.54) is 6.07 Å². The van der Waals surface area contributed by atoms with Gasteiger partial charge in [0.25, 0.3) is 5.91 Å². The van der Waals surface area contributed by atoms with Gasteiger partial charge in [-0.15, -0.1) is 0 Å². The highest BCUT2D eigenvalue weighted by molar-refractivity contribution is 7.90. The maximum absolute atomic E-state index is 14.7. The predicted molar refractivity (Wildman–Crippen MR) is 174 cm³/mol. The Morgan fingerprint density at radius 1 is 0.891 bits per heavy atom. The summed E-state index contributed by atoms with van der Waals surface area (Å²) in [5.74, 6) is -0.854. The Kier molecular flexibility index (Phi) is 7.11. The predicted octanol–water partition coefficient (Wildman–Crippen LogP) is 5.62. The molecule has 5 N–H and O–H groups in total. The minimum atomic E-state index is -3.65. The second kappa shape index (κ2) is 11.3. The monoisotopic (exact) mass is 632 g/mol. The average Bonchev–Trinajstić information content (AvgIpc) is 3.68. The van der Waals surface area contributed by atoms with Crippen LogP contribution in [0.2, 0.25) is 0 Å². The number of pyridine rings is 3. The quantitative estimate of drug-likeness (QED) is 0.175. The Morgan fingerprint density at radius 3 is 2.50 bits per heavy atom. The van der Waals surface area contributed by atoms with Crippen LogP contribution in [0.4, 0.5) is 10.1 Å². The number of aromatic nitrogens is 6. The Balaban J connectivity index is 1.25. The third-order valence-corrected chi connectivity index (χ3v) is 8.78. The van der Waals surface area contributed by atoms with Gasteiger partial charge in [-0.2, -0.15) is 5.10 Å². The van der Waals surface area contributed by atoms with E-state index in [0.29, 0.717) is 50.4 Å². The summed E-state index contributed by atoms with van der Waals surface area (Å²) in [6.07, 6.45) is 7.54. The number of hydrogen-bond acceptors (Lipinski definition) is 8. The lowest BCUT2D eigenvalue weighted by Crippen LogP contribution is -2.20. The van der Waals surface area contributed by atoms with Crippen molar-refractivity contribution in [1.82, 2.24) is 30.1 Å². The molecule has 0 spiro atoms. The van der Waals surface area contributed by atoms with Crippen LogP contribution in [0.3, 0.4) is 0 Å². The van der Waals surface area contributed by atoms with Crippen molar-refractivity contribution in [3.8, 4) is 33.6 Å². The standard InChI is InChI=1S/C33H25FN8O3S/c1-46(44,45)30(35)20-9-19(10-23(34)11-20)25-7-8-37-31-26(25)14-28(40-31)29-27-13-22(16-38-32(27)42-41-29)21-12-24(17-36-15-21)39-33(43)18-5-3-2-4-6-18/h2-17,30H,35H2,1H3,(H,37,40)(H,39,43)(H,38,41,42). The van der Waals surface area contributed by atoms with Gasteiger partial charge < -0.3 is 16.0 Å². The second-order valence-electron chi connectivity index (χ2n) is 10.8. The first-order valence-corrected chi connectivity index (χ1v) is 16.0. The Morgan fingerprint density at radius 2 is 1.70 bits per heavy atom. The molecule has 11 nitrogen and oxygen atoms in total. The van der Waals surface area contributed by atoms with Crippen LogP contribution >= 0.6 is 0 Å². The van der Waals surface area contributed by atoms with E-state index < -0.39 is 21.0 Å². The second-order valence-corrected chi connectivity index (χ2v) is 13.0. The molecule has 228 valence electrons. The maximum atomic E-state index is 14.7. The van der Waals surface area contributed by atoms with E-state index in [1.807, 2.05) is 24.3 Å². The summed E-state index contributed by atoms with van der Waals surface area (Å²) < 4.78 is 38.8. The fourth-order valence-corrected chi connectivity index (χ4v) is 5.94. The lowest BCUT2D eigenvalue weighted by atomic mass is 10.0. The van der Waals surface area contributed by atoms with Crippen molar-refractivity contribution in [3.63, 3.8) is 0 Å². The van der Waals surface area contributed by atoms with E-state index in [4.69, 9.17) is 5.73 Å². The van der Waals surface area contributed by atoms with Crippen molar-refractivity contribution in [3.05, 3.63) is 115 Å². The lowest BCUT2D eigenvalue weighted by molar-refractivity contribution is 0.102. The molecule has 1 atom stereocenters. The highest BCUT2D eigenvalue weighted by atomic mass is 32.2. The number of hydrogen-bond donors (Lipinski definition) is 4. The van der Waals surface area contributed by atoms with E-state index in [2.05, 4.69) is 35.5 Å². The molecule has 0 fully saturated rings. The Labute approximate surface area is 261 Å². The molecule has 5 heterocycles. The zero-order valence-corrected chi connectivity index (χ0v) is 25.0. The van der Waals surface area contributed by atoms with Crippen LogP contribution in [0.25, 0.3) is 55.7 Å². The zero-order chi connectivity index (χ0) is 32.0. The molecule has 0 aliphatic rings. The number of benzene rings is 2. The third-order valence-electron chi connectivity index (χ3n) is 7.59. The fraction of sp³-hybridized carbons (Fsp3) is 0.0606. The number of carbonyl (C=O) groups is 1. The van der Waals surface area contributed by atoms with Crippen LogP contribution in [0.1, 0.15) is 21.3 Å². The number of sulfone groups is 1. The number of halogens is 1. The van der Waals surface area contributed by atoms with Crippen molar-refractivity contribution in [2.75, 3.05) is 11.6 Å². The number of nitrogens with zero attached hydrogens (tertiary/aromatic N) is 4. The Bertz CT molecular complexity index is 2390. The molecule has 13 heteroatoms. The van der Waals surface area contributed by atoms with Gasteiger partial charge in [0.05, 0.1) is 17.6 Å². The van der Waals surface area contributed by atoms with Crippen LogP contribution in [0.5, 0.6) is 0 Å². The van der Waals surface area contributed by atoms with E-state index in [-0.39, 0.29) is 11.5 Å². The highest BCUT2D eigenvalue weighted by Gasteiger charge is 2.21. The molecule has 0 aliphatic carbocycles. The fourth-order valence-electron chi connectivity index (χ4n) is 5.31. The molecule has 0 saturated carbocycles. The lowest BCUT2D eigenvalue weighted by Gasteiger charge is -2.12. The summed E-state index contributed by atoms with van der Waals surface area (Å²) >= 11 is 0. The molecule has 0 aliphatic heterocycles. The average molecular weight is 633 g/mol. The van der Waals surface area contributed by atoms with E-state index in [1.54, 1.807) is 61.2 Å². The van der Waals surface area contributed by atoms with Gasteiger partial charge in [-0.1, -0.05) is 18.2 Å². The van der Waals surface area contributed by atoms with Crippen molar-refractivity contribution in [2.45, 2.75) is 5.37 Å². The minimum Gasteiger partial charge on any atom is -0.338 e. The number of amides is 1. The number of rotatable bonds is 7.